The average Bonchev–Trinajstić information content (AvgIpc) is 2.36. The zero-order valence-corrected chi connectivity index (χ0v) is 11.0. The number of aliphatic hydroxyl groups excluding tert-OH is 1. The molecule has 0 heterocycles. The lowest BCUT2D eigenvalue weighted by Gasteiger charge is -2.20. The van der Waals surface area contributed by atoms with Crippen molar-refractivity contribution < 1.29 is 18.7 Å². The largest absolute Gasteiger partial charge is 0.395 e. The number of aliphatic hydroxyl groups is 1. The van der Waals surface area contributed by atoms with Crippen molar-refractivity contribution in [2.75, 3.05) is 26.2 Å². The van der Waals surface area contributed by atoms with Gasteiger partial charge in [-0.15, -0.1) is 0 Å². The normalized spacial score (nSPS) is 11.0. The summed E-state index contributed by atoms with van der Waals surface area (Å²) in [4.78, 5) is 13.7. The molecular weight excluding hydrogens is 252 g/mol. The number of carbonyl (C=O) groups is 1. The first-order valence-electron chi connectivity index (χ1n) is 6.40. The van der Waals surface area contributed by atoms with Crippen molar-refractivity contribution in [1.29, 1.82) is 0 Å². The van der Waals surface area contributed by atoms with E-state index in [1.807, 2.05) is 6.92 Å². The Morgan fingerprint density at radius 2 is 2.05 bits per heavy atom. The average molecular weight is 271 g/mol. The zero-order chi connectivity index (χ0) is 14.3. The molecule has 0 aliphatic carbocycles. The van der Waals surface area contributed by atoms with E-state index in [1.165, 1.54) is 0 Å². The molecule has 1 aromatic rings. The molecule has 0 spiro atoms. The molecule has 0 aliphatic heterocycles. The monoisotopic (exact) mass is 271 g/mol. The number of unbranched alkanes of at least 4 members (excludes halogenated alkanes) is 1. The Morgan fingerprint density at radius 1 is 1.32 bits per heavy atom. The third-order valence-electron chi connectivity index (χ3n) is 2.84. The number of rotatable bonds is 8. The van der Waals surface area contributed by atoms with Crippen LogP contribution in [0.5, 0.6) is 0 Å². The van der Waals surface area contributed by atoms with Crippen molar-refractivity contribution in [3.05, 3.63) is 35.4 Å². The summed E-state index contributed by atoms with van der Waals surface area (Å²) in [5.74, 6) is -1.95. The number of hydrogen-bond acceptors (Lipinski definition) is 3. The molecule has 19 heavy (non-hydrogen) atoms. The number of nitrogens with zero attached hydrogens (tertiary/aromatic N) is 1. The van der Waals surface area contributed by atoms with Crippen molar-refractivity contribution >= 4 is 5.78 Å². The van der Waals surface area contributed by atoms with Crippen LogP contribution in [0.15, 0.2) is 18.2 Å². The highest BCUT2D eigenvalue weighted by Crippen LogP contribution is 2.11. The van der Waals surface area contributed by atoms with Gasteiger partial charge in [-0.1, -0.05) is 13.3 Å². The summed E-state index contributed by atoms with van der Waals surface area (Å²) in [6, 6.07) is 2.93. The molecule has 0 unspecified atom stereocenters. The van der Waals surface area contributed by atoms with Crippen molar-refractivity contribution in [2.45, 2.75) is 19.8 Å². The second-order valence-corrected chi connectivity index (χ2v) is 4.40. The predicted molar refractivity (Wildman–Crippen MR) is 69.1 cm³/mol. The van der Waals surface area contributed by atoms with E-state index in [-0.39, 0.29) is 18.7 Å². The maximum Gasteiger partial charge on any atom is 0.179 e. The minimum Gasteiger partial charge on any atom is -0.395 e. The van der Waals surface area contributed by atoms with Gasteiger partial charge in [0.15, 0.2) is 5.78 Å². The van der Waals surface area contributed by atoms with E-state index in [4.69, 9.17) is 5.11 Å². The van der Waals surface area contributed by atoms with Gasteiger partial charge in [-0.25, -0.2) is 8.78 Å². The lowest BCUT2D eigenvalue weighted by molar-refractivity contribution is 0.0909. The van der Waals surface area contributed by atoms with Gasteiger partial charge in [0, 0.05) is 12.6 Å². The molecule has 1 N–H and O–H groups in total. The van der Waals surface area contributed by atoms with Crippen LogP contribution in [0.3, 0.4) is 0 Å². The molecule has 0 aliphatic rings. The van der Waals surface area contributed by atoms with Crippen molar-refractivity contribution in [2.24, 2.45) is 0 Å². The molecule has 0 saturated carbocycles. The summed E-state index contributed by atoms with van der Waals surface area (Å²) < 4.78 is 26.2. The zero-order valence-electron chi connectivity index (χ0n) is 11.0. The molecule has 1 rings (SSSR count). The van der Waals surface area contributed by atoms with Crippen LogP contribution in [0.1, 0.15) is 30.1 Å². The maximum atomic E-state index is 13.5. The van der Waals surface area contributed by atoms with E-state index in [2.05, 4.69) is 0 Å². The van der Waals surface area contributed by atoms with Gasteiger partial charge in [0.1, 0.15) is 11.6 Å². The lowest BCUT2D eigenvalue weighted by Crippen LogP contribution is -2.33. The third-order valence-corrected chi connectivity index (χ3v) is 2.84. The minimum absolute atomic E-state index is 0.0309. The van der Waals surface area contributed by atoms with Crippen LogP contribution in [0, 0.1) is 11.6 Å². The Balaban J connectivity index is 2.69. The van der Waals surface area contributed by atoms with E-state index in [9.17, 15) is 13.6 Å². The van der Waals surface area contributed by atoms with E-state index in [0.29, 0.717) is 19.2 Å². The fraction of sp³-hybridized carbons (Fsp3) is 0.500. The lowest BCUT2D eigenvalue weighted by atomic mass is 10.1. The molecule has 5 heteroatoms. The predicted octanol–water partition coefficient (Wildman–Crippen LogP) is 2.24. The summed E-state index contributed by atoms with van der Waals surface area (Å²) in [5, 5.41) is 8.93. The third kappa shape index (κ3) is 5.04. The summed E-state index contributed by atoms with van der Waals surface area (Å²) in [6.07, 6.45) is 1.88. The molecule has 0 saturated heterocycles. The quantitative estimate of drug-likeness (QED) is 0.737. The molecule has 3 nitrogen and oxygen atoms in total. The Bertz CT molecular complexity index is 424. The number of ketones is 1. The summed E-state index contributed by atoms with van der Waals surface area (Å²) in [7, 11) is 0. The fourth-order valence-electron chi connectivity index (χ4n) is 1.80. The van der Waals surface area contributed by atoms with E-state index in [0.717, 1.165) is 25.0 Å². The molecule has 0 bridgehead atoms. The van der Waals surface area contributed by atoms with Gasteiger partial charge in [-0.2, -0.15) is 0 Å². The molecule has 0 fully saturated rings. The molecule has 1 aromatic carbocycles. The fourth-order valence-corrected chi connectivity index (χ4v) is 1.80. The Kier molecular flexibility index (Phi) is 6.59. The van der Waals surface area contributed by atoms with Crippen LogP contribution >= 0.6 is 0 Å². The second-order valence-electron chi connectivity index (χ2n) is 4.40. The highest BCUT2D eigenvalue weighted by Gasteiger charge is 2.16. The van der Waals surface area contributed by atoms with Gasteiger partial charge in [0.2, 0.25) is 0 Å². The molecule has 0 atom stereocenters. The van der Waals surface area contributed by atoms with Gasteiger partial charge < -0.3 is 5.11 Å². The first kappa shape index (κ1) is 15.7. The second kappa shape index (κ2) is 7.96. The van der Waals surface area contributed by atoms with Crippen LogP contribution < -0.4 is 0 Å². The molecule has 0 radical (unpaired) electrons. The highest BCUT2D eigenvalue weighted by molar-refractivity contribution is 5.97. The van der Waals surface area contributed by atoms with Crippen LogP contribution in [0.4, 0.5) is 8.78 Å². The maximum absolute atomic E-state index is 13.5. The van der Waals surface area contributed by atoms with Crippen molar-refractivity contribution in [3.8, 4) is 0 Å². The SMILES string of the molecule is CCCCN(CCO)CC(=O)c1ccc(F)cc1F. The summed E-state index contributed by atoms with van der Waals surface area (Å²) in [6.45, 7) is 3.05. The van der Waals surface area contributed by atoms with Crippen LogP contribution in [0.25, 0.3) is 0 Å². The van der Waals surface area contributed by atoms with E-state index >= 15 is 0 Å². The van der Waals surface area contributed by atoms with Gasteiger partial charge in [0.05, 0.1) is 18.7 Å². The smallest absolute Gasteiger partial charge is 0.179 e. The molecule has 0 aromatic heterocycles. The van der Waals surface area contributed by atoms with Crippen LogP contribution in [-0.2, 0) is 0 Å². The summed E-state index contributed by atoms with van der Waals surface area (Å²) in [5.41, 5.74) is -0.110. The minimum atomic E-state index is -0.843. The van der Waals surface area contributed by atoms with Crippen molar-refractivity contribution in [1.82, 2.24) is 4.90 Å². The van der Waals surface area contributed by atoms with Gasteiger partial charge in [-0.3, -0.25) is 9.69 Å². The highest BCUT2D eigenvalue weighted by atomic mass is 19.1. The van der Waals surface area contributed by atoms with Gasteiger partial charge >= 0.3 is 0 Å². The molecule has 106 valence electrons. The Hall–Kier alpha value is -1.33. The van der Waals surface area contributed by atoms with Crippen molar-refractivity contribution in [3.63, 3.8) is 0 Å². The first-order valence-corrected chi connectivity index (χ1v) is 6.40. The van der Waals surface area contributed by atoms with Crippen LogP contribution in [-0.4, -0.2) is 42.0 Å². The number of benzene rings is 1. The number of halogens is 2. The number of carbonyl (C=O) groups excluding carboxylic acids is 1. The number of hydrogen-bond donors (Lipinski definition) is 1. The Morgan fingerprint density at radius 3 is 2.63 bits per heavy atom. The topological polar surface area (TPSA) is 40.5 Å². The van der Waals surface area contributed by atoms with Crippen LogP contribution in [0.2, 0.25) is 0 Å². The van der Waals surface area contributed by atoms with Gasteiger partial charge in [-0.05, 0) is 25.1 Å². The summed E-state index contributed by atoms with van der Waals surface area (Å²) >= 11 is 0. The van der Waals surface area contributed by atoms with E-state index < -0.39 is 17.4 Å². The Labute approximate surface area is 111 Å². The number of Topliss-reactive ketones (excluding diaryl/α,β-unsaturated/α-hetero) is 1. The molecular formula is C14H19F2NO2. The first-order chi connectivity index (χ1) is 9.08. The van der Waals surface area contributed by atoms with E-state index in [1.54, 1.807) is 4.90 Å². The van der Waals surface area contributed by atoms with Gasteiger partial charge in [0.25, 0.3) is 0 Å². The molecule has 0 amide bonds. The standard InChI is InChI=1S/C14H19F2NO2/c1-2-3-6-17(7-8-18)10-14(19)12-5-4-11(15)9-13(12)16/h4-5,9,18H,2-3,6-8,10H2,1H3.